The molecule has 1 N–H and O–H groups in total. The van der Waals surface area contributed by atoms with Crippen LogP contribution in [0.15, 0.2) is 182 Å². The molecule has 8 heteroatoms. The third-order valence-corrected chi connectivity index (χ3v) is 10.8. The Balaban J connectivity index is 1.11. The quantitative estimate of drug-likeness (QED) is 0.107. The van der Waals surface area contributed by atoms with E-state index in [1.54, 1.807) is 17.3 Å². The van der Waals surface area contributed by atoms with Gasteiger partial charge in [0.1, 0.15) is 17.6 Å². The highest BCUT2D eigenvalue weighted by atomic mass is 16.5. The van der Waals surface area contributed by atoms with Crippen molar-refractivity contribution in [1.82, 2.24) is 19.8 Å². The Morgan fingerprint density at radius 2 is 1.25 bits per heavy atom. The summed E-state index contributed by atoms with van der Waals surface area (Å²) < 4.78 is 7.31. The summed E-state index contributed by atoms with van der Waals surface area (Å²) in [6.07, 6.45) is 4.07. The van der Waals surface area contributed by atoms with Crippen LogP contribution in [0.1, 0.15) is 43.9 Å². The summed E-state index contributed by atoms with van der Waals surface area (Å²) >= 11 is 0. The molecule has 0 saturated carbocycles. The molecule has 7 aromatic rings. The lowest BCUT2D eigenvalue weighted by Crippen LogP contribution is -2.56. The molecule has 0 aliphatic carbocycles. The summed E-state index contributed by atoms with van der Waals surface area (Å²) in [5.74, 6) is -1.32. The van der Waals surface area contributed by atoms with E-state index in [0.717, 1.165) is 38.9 Å². The number of methoxy groups -OCH3 is 1. The van der Waals surface area contributed by atoms with Crippen molar-refractivity contribution in [2.45, 2.75) is 37.0 Å². The van der Waals surface area contributed by atoms with Crippen LogP contribution in [-0.4, -0.2) is 51.4 Å². The molecule has 0 bridgehead atoms. The topological polar surface area (TPSA) is 93.5 Å². The first-order valence-corrected chi connectivity index (χ1v) is 19.1. The number of rotatable bonds is 11. The third-order valence-electron chi connectivity index (χ3n) is 10.8. The zero-order valence-corrected chi connectivity index (χ0v) is 31.6. The molecule has 57 heavy (non-hydrogen) atoms. The molecule has 2 heterocycles. The van der Waals surface area contributed by atoms with Crippen molar-refractivity contribution < 1.29 is 19.1 Å². The van der Waals surface area contributed by atoms with Crippen molar-refractivity contribution in [2.75, 3.05) is 7.11 Å². The number of hydrogen-bond acceptors (Lipinski definition) is 5. The van der Waals surface area contributed by atoms with E-state index in [-0.39, 0.29) is 18.9 Å². The smallest absolute Gasteiger partial charge is 0.328 e. The lowest BCUT2D eigenvalue weighted by molar-refractivity contribution is -0.145. The van der Waals surface area contributed by atoms with Crippen LogP contribution in [-0.2, 0) is 39.3 Å². The number of benzene rings is 6. The van der Waals surface area contributed by atoms with Gasteiger partial charge in [-0.05, 0) is 51.1 Å². The molecule has 0 spiro atoms. The Morgan fingerprint density at radius 3 is 1.84 bits per heavy atom. The molecule has 8 nitrogen and oxygen atoms in total. The molecular formula is C49H42N4O4. The highest BCUT2D eigenvalue weighted by Crippen LogP contribution is 2.41. The van der Waals surface area contributed by atoms with Gasteiger partial charge in [0.25, 0.3) is 5.91 Å². The second-order valence-corrected chi connectivity index (χ2v) is 14.2. The highest BCUT2D eigenvalue weighted by Gasteiger charge is 2.40. The highest BCUT2D eigenvalue weighted by molar-refractivity contribution is 5.99. The molecule has 1 aromatic heterocycles. The molecule has 0 unspecified atom stereocenters. The number of ether oxygens (including phenoxy) is 1. The normalized spacial score (nSPS) is 14.3. The van der Waals surface area contributed by atoms with Crippen molar-refractivity contribution in [3.05, 3.63) is 221 Å². The number of aromatic nitrogens is 2. The number of esters is 1. The Kier molecular flexibility index (Phi) is 10.6. The first-order valence-electron chi connectivity index (χ1n) is 19.1. The summed E-state index contributed by atoms with van der Waals surface area (Å²) in [7, 11) is 1.30. The maximum Gasteiger partial charge on any atom is 0.328 e. The predicted molar refractivity (Wildman–Crippen MR) is 220 cm³/mol. The standard InChI is InChI=1S/C49H42N4O4/c1-57-48(56)44(31-43-33-52(34-50-43)49(40-23-8-3-9-24-40,41-25-10-4-11-26-41)42-27-12-5-13-28-42)51-46(54)45-30-37-19-14-15-20-39(37)32-53(45)47(55)38-22-16-21-36(29-38)35-17-6-2-7-18-35/h2-29,33-34,44-45H,30-32H2,1H3,(H,51,54)/t44-,45-/m0/s1. The molecule has 2 amide bonds. The second kappa shape index (κ2) is 16.4. The molecule has 0 radical (unpaired) electrons. The first kappa shape index (κ1) is 36.9. The van der Waals surface area contributed by atoms with Crippen molar-refractivity contribution in [3.8, 4) is 11.1 Å². The van der Waals surface area contributed by atoms with E-state index < -0.39 is 29.5 Å². The molecule has 1 aliphatic rings. The van der Waals surface area contributed by atoms with Gasteiger partial charge >= 0.3 is 5.97 Å². The Bertz CT molecular complexity index is 2390. The van der Waals surface area contributed by atoms with E-state index in [1.165, 1.54) is 7.11 Å². The van der Waals surface area contributed by atoms with Crippen molar-refractivity contribution >= 4 is 17.8 Å². The van der Waals surface area contributed by atoms with E-state index in [1.807, 2.05) is 134 Å². The number of carbonyl (C=O) groups is 3. The van der Waals surface area contributed by atoms with Crippen LogP contribution >= 0.6 is 0 Å². The summed E-state index contributed by atoms with van der Waals surface area (Å²) in [6, 6.07) is 53.9. The van der Waals surface area contributed by atoms with E-state index in [4.69, 9.17) is 9.72 Å². The number of imidazole rings is 1. The molecule has 0 saturated heterocycles. The van der Waals surface area contributed by atoms with Crippen LogP contribution in [0.2, 0.25) is 0 Å². The summed E-state index contributed by atoms with van der Waals surface area (Å²) in [6.45, 7) is 0.247. The monoisotopic (exact) mass is 750 g/mol. The van der Waals surface area contributed by atoms with Crippen LogP contribution in [0.3, 0.4) is 0 Å². The number of fused-ring (bicyclic) bond motifs is 1. The lowest BCUT2D eigenvalue weighted by Gasteiger charge is -2.37. The van der Waals surface area contributed by atoms with Gasteiger partial charge < -0.3 is 19.5 Å². The van der Waals surface area contributed by atoms with Gasteiger partial charge in [-0.2, -0.15) is 0 Å². The van der Waals surface area contributed by atoms with Crippen LogP contribution in [0, 0.1) is 0 Å². The Morgan fingerprint density at radius 1 is 0.702 bits per heavy atom. The number of carbonyl (C=O) groups excluding carboxylic acids is 3. The number of hydrogen-bond donors (Lipinski definition) is 1. The second-order valence-electron chi connectivity index (χ2n) is 14.2. The fourth-order valence-electron chi connectivity index (χ4n) is 8.05. The maximum absolute atomic E-state index is 14.4. The number of nitrogens with one attached hydrogen (secondary N) is 1. The fourth-order valence-corrected chi connectivity index (χ4v) is 8.05. The van der Waals surface area contributed by atoms with Crippen LogP contribution in [0.25, 0.3) is 11.1 Å². The molecule has 2 atom stereocenters. The van der Waals surface area contributed by atoms with Crippen LogP contribution in [0.4, 0.5) is 0 Å². The molecule has 8 rings (SSSR count). The summed E-state index contributed by atoms with van der Waals surface area (Å²) in [5, 5.41) is 2.98. The van der Waals surface area contributed by atoms with Gasteiger partial charge in [0.2, 0.25) is 5.91 Å². The van der Waals surface area contributed by atoms with Gasteiger partial charge in [0.15, 0.2) is 0 Å². The zero-order valence-electron chi connectivity index (χ0n) is 31.6. The van der Waals surface area contributed by atoms with E-state index >= 15 is 0 Å². The number of nitrogens with zero attached hydrogens (tertiary/aromatic N) is 3. The molecule has 6 aromatic carbocycles. The average Bonchev–Trinajstić information content (AvgIpc) is 3.75. The predicted octanol–water partition coefficient (Wildman–Crippen LogP) is 7.86. The Labute approximate surface area is 332 Å². The molecule has 1 aliphatic heterocycles. The third kappa shape index (κ3) is 7.37. The summed E-state index contributed by atoms with van der Waals surface area (Å²) in [4.78, 5) is 48.7. The minimum Gasteiger partial charge on any atom is -0.467 e. The minimum absolute atomic E-state index is 0.0657. The van der Waals surface area contributed by atoms with Crippen LogP contribution in [0.5, 0.6) is 0 Å². The zero-order chi connectivity index (χ0) is 39.2. The largest absolute Gasteiger partial charge is 0.467 e. The van der Waals surface area contributed by atoms with Crippen molar-refractivity contribution in [1.29, 1.82) is 0 Å². The lowest BCUT2D eigenvalue weighted by atomic mass is 9.77. The van der Waals surface area contributed by atoms with Crippen molar-refractivity contribution in [2.24, 2.45) is 0 Å². The average molecular weight is 751 g/mol. The van der Waals surface area contributed by atoms with E-state index in [2.05, 4.69) is 46.3 Å². The summed E-state index contributed by atoms with van der Waals surface area (Å²) in [5.41, 5.74) is 7.19. The van der Waals surface area contributed by atoms with Gasteiger partial charge in [0, 0.05) is 31.1 Å². The molecular weight excluding hydrogens is 709 g/mol. The molecule has 0 fully saturated rings. The van der Waals surface area contributed by atoms with E-state index in [0.29, 0.717) is 17.7 Å². The molecule has 282 valence electrons. The fraction of sp³-hybridized carbons (Fsp3) is 0.143. The maximum atomic E-state index is 14.4. The first-order chi connectivity index (χ1) is 27.9. The van der Waals surface area contributed by atoms with Gasteiger partial charge in [-0.3, -0.25) is 9.59 Å². The number of amides is 2. The van der Waals surface area contributed by atoms with Crippen LogP contribution < -0.4 is 5.32 Å². The van der Waals surface area contributed by atoms with E-state index in [9.17, 15) is 14.4 Å². The SMILES string of the molecule is COC(=O)[C@H](Cc1cn(C(c2ccccc2)(c2ccccc2)c2ccccc2)cn1)NC(=O)[C@@H]1Cc2ccccc2CN1C(=O)c1cccc(-c2ccccc2)c1. The van der Waals surface area contributed by atoms with Gasteiger partial charge in [-0.25, -0.2) is 9.78 Å². The van der Waals surface area contributed by atoms with Crippen molar-refractivity contribution in [3.63, 3.8) is 0 Å². The Hall–Kier alpha value is -7.06. The van der Waals surface area contributed by atoms with Gasteiger partial charge in [-0.15, -0.1) is 0 Å². The minimum atomic E-state index is -1.07. The van der Waals surface area contributed by atoms with Gasteiger partial charge in [-0.1, -0.05) is 158 Å². The van der Waals surface area contributed by atoms with Gasteiger partial charge in [0.05, 0.1) is 19.1 Å².